The molecule has 1 saturated heterocycles. The lowest BCUT2D eigenvalue weighted by atomic mass is 9.92. The molecule has 1 aliphatic rings. The van der Waals surface area contributed by atoms with E-state index in [4.69, 9.17) is 0 Å². The van der Waals surface area contributed by atoms with Crippen LogP contribution in [-0.4, -0.2) is 35.2 Å². The number of nitro groups is 1. The maximum atomic E-state index is 12.2. The maximum Gasteiger partial charge on any atom is 0.270 e. The first-order valence-corrected chi connectivity index (χ1v) is 7.60. The molecule has 0 radical (unpaired) electrons. The third kappa shape index (κ3) is 4.36. The Morgan fingerprint density at radius 1 is 1.38 bits per heavy atom. The number of hydrogen-bond acceptors (Lipinski definition) is 4. The number of nitrogens with zero attached hydrogens (tertiary/aromatic N) is 2. The number of likely N-dealkylation sites (tertiary alicyclic amines) is 1. The number of ketones is 1. The Labute approximate surface area is 125 Å². The topological polar surface area (TPSA) is 63.5 Å². The zero-order valence-corrected chi connectivity index (χ0v) is 12.5. The Bertz CT molecular complexity index is 508. The molecule has 114 valence electrons. The van der Waals surface area contributed by atoms with Gasteiger partial charge in [-0.15, -0.1) is 0 Å². The van der Waals surface area contributed by atoms with Gasteiger partial charge < -0.3 is 0 Å². The smallest absolute Gasteiger partial charge is 0.270 e. The van der Waals surface area contributed by atoms with Crippen molar-refractivity contribution in [3.05, 3.63) is 39.9 Å². The van der Waals surface area contributed by atoms with Gasteiger partial charge >= 0.3 is 0 Å². The molecule has 0 N–H and O–H groups in total. The second-order valence-electron chi connectivity index (χ2n) is 5.74. The molecule has 1 fully saturated rings. The summed E-state index contributed by atoms with van der Waals surface area (Å²) < 4.78 is 0. The SMILES string of the molecule is CCCC1CCN(CC(=O)c2cccc([N+](=O)[O-])c2)CC1. The molecule has 0 aromatic heterocycles. The highest BCUT2D eigenvalue weighted by molar-refractivity contribution is 5.98. The first-order chi connectivity index (χ1) is 10.1. The summed E-state index contributed by atoms with van der Waals surface area (Å²) in [5, 5.41) is 10.7. The van der Waals surface area contributed by atoms with Crippen molar-refractivity contribution in [2.75, 3.05) is 19.6 Å². The predicted octanol–water partition coefficient (Wildman–Crippen LogP) is 3.29. The number of Topliss-reactive ketones (excluding diaryl/α,β-unsaturated/α-hetero) is 1. The average molecular weight is 290 g/mol. The van der Waals surface area contributed by atoms with Crippen molar-refractivity contribution >= 4 is 11.5 Å². The van der Waals surface area contributed by atoms with Crippen LogP contribution in [0.15, 0.2) is 24.3 Å². The number of non-ortho nitro benzene ring substituents is 1. The number of carbonyl (C=O) groups is 1. The number of rotatable bonds is 6. The van der Waals surface area contributed by atoms with Crippen LogP contribution in [0.25, 0.3) is 0 Å². The van der Waals surface area contributed by atoms with Gasteiger partial charge in [0.1, 0.15) is 0 Å². The Balaban J connectivity index is 1.90. The fourth-order valence-electron chi connectivity index (χ4n) is 2.93. The second-order valence-corrected chi connectivity index (χ2v) is 5.74. The van der Waals surface area contributed by atoms with Crippen molar-refractivity contribution in [1.82, 2.24) is 4.90 Å². The molecule has 0 bridgehead atoms. The van der Waals surface area contributed by atoms with Crippen LogP contribution in [0, 0.1) is 16.0 Å². The normalized spacial score (nSPS) is 16.8. The second kappa shape index (κ2) is 7.31. The van der Waals surface area contributed by atoms with Crippen LogP contribution in [0.3, 0.4) is 0 Å². The van der Waals surface area contributed by atoms with E-state index in [-0.39, 0.29) is 11.5 Å². The van der Waals surface area contributed by atoms with Crippen LogP contribution in [0.5, 0.6) is 0 Å². The van der Waals surface area contributed by atoms with Gasteiger partial charge in [-0.2, -0.15) is 0 Å². The number of piperidine rings is 1. The van der Waals surface area contributed by atoms with Gasteiger partial charge in [0.25, 0.3) is 5.69 Å². The van der Waals surface area contributed by atoms with Crippen molar-refractivity contribution < 1.29 is 9.72 Å². The lowest BCUT2D eigenvalue weighted by Gasteiger charge is -2.31. The third-order valence-electron chi connectivity index (χ3n) is 4.15. The quantitative estimate of drug-likeness (QED) is 0.458. The van der Waals surface area contributed by atoms with E-state index in [0.717, 1.165) is 31.8 Å². The van der Waals surface area contributed by atoms with Crippen molar-refractivity contribution in [3.8, 4) is 0 Å². The van der Waals surface area contributed by atoms with Crippen LogP contribution in [0.4, 0.5) is 5.69 Å². The number of carbonyl (C=O) groups excluding carboxylic acids is 1. The zero-order valence-electron chi connectivity index (χ0n) is 12.5. The number of benzene rings is 1. The van der Waals surface area contributed by atoms with E-state index in [1.54, 1.807) is 12.1 Å². The van der Waals surface area contributed by atoms with Crippen LogP contribution < -0.4 is 0 Å². The predicted molar refractivity (Wildman–Crippen MR) is 81.5 cm³/mol. The molecule has 0 atom stereocenters. The van der Waals surface area contributed by atoms with Crippen LogP contribution in [0.2, 0.25) is 0 Å². The lowest BCUT2D eigenvalue weighted by molar-refractivity contribution is -0.384. The van der Waals surface area contributed by atoms with Crippen molar-refractivity contribution in [1.29, 1.82) is 0 Å². The van der Waals surface area contributed by atoms with E-state index in [9.17, 15) is 14.9 Å². The zero-order chi connectivity index (χ0) is 15.2. The third-order valence-corrected chi connectivity index (χ3v) is 4.15. The summed E-state index contributed by atoms with van der Waals surface area (Å²) in [5.74, 6) is 0.756. The largest absolute Gasteiger partial charge is 0.296 e. The van der Waals surface area contributed by atoms with E-state index in [1.165, 1.54) is 25.0 Å². The van der Waals surface area contributed by atoms with E-state index in [2.05, 4.69) is 11.8 Å². The van der Waals surface area contributed by atoms with Gasteiger partial charge in [0, 0.05) is 17.7 Å². The Morgan fingerprint density at radius 2 is 2.10 bits per heavy atom. The van der Waals surface area contributed by atoms with Gasteiger partial charge in [0.05, 0.1) is 11.5 Å². The summed E-state index contributed by atoms with van der Waals surface area (Å²) in [4.78, 5) is 24.7. The summed E-state index contributed by atoms with van der Waals surface area (Å²) in [6.45, 7) is 4.47. The number of hydrogen-bond donors (Lipinski definition) is 0. The molecule has 0 aliphatic carbocycles. The van der Waals surface area contributed by atoms with E-state index >= 15 is 0 Å². The van der Waals surface area contributed by atoms with Gasteiger partial charge in [-0.05, 0) is 31.8 Å². The minimum atomic E-state index is -0.465. The standard InChI is InChI=1S/C16H22N2O3/c1-2-4-13-7-9-17(10-8-13)12-16(19)14-5-3-6-15(11-14)18(20)21/h3,5-6,11,13H,2,4,7-10,12H2,1H3. The summed E-state index contributed by atoms with van der Waals surface area (Å²) in [7, 11) is 0. The van der Waals surface area contributed by atoms with Gasteiger partial charge in [-0.25, -0.2) is 0 Å². The average Bonchev–Trinajstić information content (AvgIpc) is 2.49. The van der Waals surface area contributed by atoms with Crippen molar-refractivity contribution in [2.24, 2.45) is 5.92 Å². The van der Waals surface area contributed by atoms with Crippen LogP contribution in [0.1, 0.15) is 43.0 Å². The molecule has 1 heterocycles. The van der Waals surface area contributed by atoms with Gasteiger partial charge in [0.15, 0.2) is 5.78 Å². The number of nitro benzene ring substituents is 1. The van der Waals surface area contributed by atoms with E-state index in [1.807, 2.05) is 0 Å². The molecule has 0 unspecified atom stereocenters. The minimum Gasteiger partial charge on any atom is -0.296 e. The summed E-state index contributed by atoms with van der Waals surface area (Å²) >= 11 is 0. The van der Waals surface area contributed by atoms with Crippen molar-refractivity contribution in [2.45, 2.75) is 32.6 Å². The molecule has 21 heavy (non-hydrogen) atoms. The monoisotopic (exact) mass is 290 g/mol. The molecule has 0 spiro atoms. The summed E-state index contributed by atoms with van der Waals surface area (Å²) in [6.07, 6.45) is 4.79. The summed E-state index contributed by atoms with van der Waals surface area (Å²) in [6, 6.07) is 6.00. The highest BCUT2D eigenvalue weighted by Gasteiger charge is 2.21. The minimum absolute atomic E-state index is 0.0255. The van der Waals surface area contributed by atoms with Gasteiger partial charge in [-0.3, -0.25) is 19.8 Å². The highest BCUT2D eigenvalue weighted by atomic mass is 16.6. The van der Waals surface area contributed by atoms with Crippen LogP contribution in [-0.2, 0) is 0 Å². The lowest BCUT2D eigenvalue weighted by Crippen LogP contribution is -2.37. The molecule has 1 aromatic rings. The molecule has 1 aromatic carbocycles. The van der Waals surface area contributed by atoms with E-state index < -0.39 is 4.92 Å². The van der Waals surface area contributed by atoms with Gasteiger partial charge in [0.2, 0.25) is 0 Å². The van der Waals surface area contributed by atoms with Gasteiger partial charge in [-0.1, -0.05) is 31.9 Å². The first kappa shape index (κ1) is 15.6. The Morgan fingerprint density at radius 3 is 2.71 bits per heavy atom. The molecule has 5 heteroatoms. The highest BCUT2D eigenvalue weighted by Crippen LogP contribution is 2.22. The molecular formula is C16H22N2O3. The Hall–Kier alpha value is -1.75. The fraction of sp³-hybridized carbons (Fsp3) is 0.562. The van der Waals surface area contributed by atoms with E-state index in [0.29, 0.717) is 12.1 Å². The molecule has 1 aliphatic heterocycles. The molecule has 2 rings (SSSR count). The Kier molecular flexibility index (Phi) is 5.44. The molecular weight excluding hydrogens is 268 g/mol. The molecule has 0 amide bonds. The van der Waals surface area contributed by atoms with Crippen LogP contribution >= 0.6 is 0 Å². The molecule has 5 nitrogen and oxygen atoms in total. The molecule has 0 saturated carbocycles. The van der Waals surface area contributed by atoms with Crippen molar-refractivity contribution in [3.63, 3.8) is 0 Å². The maximum absolute atomic E-state index is 12.2. The first-order valence-electron chi connectivity index (χ1n) is 7.60. The fourth-order valence-corrected chi connectivity index (χ4v) is 2.93. The summed E-state index contributed by atoms with van der Waals surface area (Å²) in [5.41, 5.74) is 0.405.